The molecule has 0 aliphatic carbocycles. The minimum absolute atomic E-state index is 0.159. The second-order valence-corrected chi connectivity index (χ2v) is 7.37. The molecular formula is C16H28N4O2S. The molecule has 23 heavy (non-hydrogen) atoms. The smallest absolute Gasteiger partial charge is 0.287 e. The van der Waals surface area contributed by atoms with Crippen molar-refractivity contribution in [2.45, 2.75) is 31.9 Å². The van der Waals surface area contributed by atoms with Gasteiger partial charge in [-0.15, -0.1) is 0 Å². The van der Waals surface area contributed by atoms with Crippen LogP contribution in [0.25, 0.3) is 0 Å². The molecule has 0 saturated heterocycles. The molecule has 0 radical (unpaired) electrons. The van der Waals surface area contributed by atoms with Crippen molar-refractivity contribution in [2.75, 3.05) is 32.9 Å². The topological polar surface area (TPSA) is 78.7 Å². The van der Waals surface area contributed by atoms with Crippen LogP contribution in [0, 0.1) is 6.92 Å². The third kappa shape index (κ3) is 6.99. The van der Waals surface area contributed by atoms with Crippen LogP contribution in [0.3, 0.4) is 0 Å². The zero-order valence-electron chi connectivity index (χ0n) is 14.7. The highest BCUT2D eigenvalue weighted by molar-refractivity contribution is 7.99. The highest BCUT2D eigenvalue weighted by Gasteiger charge is 2.16. The molecule has 0 fully saturated rings. The van der Waals surface area contributed by atoms with E-state index in [1.165, 1.54) is 6.26 Å². The van der Waals surface area contributed by atoms with Gasteiger partial charge in [-0.1, -0.05) is 0 Å². The third-order valence-corrected chi connectivity index (χ3v) is 4.71. The first-order valence-electron chi connectivity index (χ1n) is 7.71. The van der Waals surface area contributed by atoms with Crippen LogP contribution in [0.1, 0.15) is 36.4 Å². The molecule has 1 aromatic rings. The Bertz CT molecular complexity index is 526. The molecule has 6 nitrogen and oxygen atoms in total. The molecule has 0 aromatic carbocycles. The van der Waals surface area contributed by atoms with Gasteiger partial charge in [0.1, 0.15) is 0 Å². The lowest BCUT2D eigenvalue weighted by molar-refractivity contribution is 0.0925. The highest BCUT2D eigenvalue weighted by atomic mass is 32.2. The molecular weight excluding hydrogens is 312 g/mol. The van der Waals surface area contributed by atoms with Crippen LogP contribution < -0.4 is 16.0 Å². The van der Waals surface area contributed by atoms with Crippen molar-refractivity contribution in [3.63, 3.8) is 0 Å². The van der Waals surface area contributed by atoms with Gasteiger partial charge < -0.3 is 20.4 Å². The summed E-state index contributed by atoms with van der Waals surface area (Å²) in [4.78, 5) is 16.1. The number of furan rings is 1. The number of aryl methyl sites for hydroxylation is 1. The summed E-state index contributed by atoms with van der Waals surface area (Å²) < 4.78 is 5.31. The monoisotopic (exact) mass is 340 g/mol. The molecule has 0 atom stereocenters. The van der Waals surface area contributed by atoms with Gasteiger partial charge in [-0.3, -0.25) is 9.79 Å². The van der Waals surface area contributed by atoms with Crippen molar-refractivity contribution in [3.05, 3.63) is 23.7 Å². The lowest BCUT2D eigenvalue weighted by Crippen LogP contribution is -2.44. The van der Waals surface area contributed by atoms with Crippen LogP contribution >= 0.6 is 11.8 Å². The number of amides is 1. The number of hydrogen-bond donors (Lipinski definition) is 3. The lowest BCUT2D eigenvalue weighted by atomic mass is 10.2. The fourth-order valence-electron chi connectivity index (χ4n) is 1.77. The van der Waals surface area contributed by atoms with Gasteiger partial charge >= 0.3 is 0 Å². The van der Waals surface area contributed by atoms with E-state index >= 15 is 0 Å². The van der Waals surface area contributed by atoms with Gasteiger partial charge in [-0.2, -0.15) is 11.8 Å². The second kappa shape index (κ2) is 9.50. The van der Waals surface area contributed by atoms with Crippen LogP contribution in [0.4, 0.5) is 0 Å². The first kappa shape index (κ1) is 19.4. The summed E-state index contributed by atoms with van der Waals surface area (Å²) in [5.74, 6) is 0.992. The van der Waals surface area contributed by atoms with Crippen LogP contribution in [-0.4, -0.2) is 49.6 Å². The van der Waals surface area contributed by atoms with E-state index in [1.54, 1.807) is 13.1 Å². The first-order valence-corrected chi connectivity index (χ1v) is 8.94. The summed E-state index contributed by atoms with van der Waals surface area (Å²) in [6.07, 6.45) is 4.43. The molecule has 1 rings (SSSR count). The van der Waals surface area contributed by atoms with Crippen molar-refractivity contribution in [2.24, 2.45) is 4.99 Å². The van der Waals surface area contributed by atoms with Crippen molar-refractivity contribution < 1.29 is 9.21 Å². The predicted octanol–water partition coefficient (Wildman–Crippen LogP) is 2.01. The average Bonchev–Trinajstić information content (AvgIpc) is 2.96. The Morgan fingerprint density at radius 3 is 2.57 bits per heavy atom. The van der Waals surface area contributed by atoms with E-state index in [2.05, 4.69) is 41.0 Å². The Labute approximate surface area is 142 Å². The van der Waals surface area contributed by atoms with Crippen LogP contribution in [0.5, 0.6) is 0 Å². The van der Waals surface area contributed by atoms with Crippen LogP contribution in [0.2, 0.25) is 0 Å². The number of nitrogens with one attached hydrogen (secondary N) is 3. The molecule has 1 heterocycles. The Kier molecular flexibility index (Phi) is 8.02. The summed E-state index contributed by atoms with van der Waals surface area (Å²) in [6.45, 7) is 8.37. The van der Waals surface area contributed by atoms with Gasteiger partial charge in [0.05, 0.1) is 6.26 Å². The third-order valence-electron chi connectivity index (χ3n) is 3.46. The summed E-state index contributed by atoms with van der Waals surface area (Å²) in [6, 6.07) is 1.78. The molecule has 1 aromatic heterocycles. The molecule has 0 bridgehead atoms. The van der Waals surface area contributed by atoms with E-state index in [0.717, 1.165) is 31.0 Å². The van der Waals surface area contributed by atoms with Gasteiger partial charge in [0.2, 0.25) is 0 Å². The fourth-order valence-corrected chi connectivity index (χ4v) is 1.99. The molecule has 0 saturated carbocycles. The molecule has 7 heteroatoms. The zero-order chi connectivity index (χ0) is 17.3. The molecule has 0 aliphatic rings. The minimum atomic E-state index is -0.170. The number of rotatable bonds is 8. The highest BCUT2D eigenvalue weighted by Crippen LogP contribution is 2.19. The van der Waals surface area contributed by atoms with E-state index in [0.29, 0.717) is 12.3 Å². The number of hydrogen-bond acceptors (Lipinski definition) is 4. The number of aliphatic imine (C=N–C) groups is 1. The van der Waals surface area contributed by atoms with E-state index < -0.39 is 0 Å². The summed E-state index contributed by atoms with van der Waals surface area (Å²) in [5, 5.41) is 9.39. The number of carbonyl (C=O) groups is 1. The quantitative estimate of drug-likeness (QED) is 0.383. The predicted molar refractivity (Wildman–Crippen MR) is 97.4 cm³/mol. The number of guanidine groups is 1. The lowest BCUT2D eigenvalue weighted by Gasteiger charge is -2.23. The maximum absolute atomic E-state index is 11.9. The van der Waals surface area contributed by atoms with Crippen molar-refractivity contribution in [3.8, 4) is 0 Å². The number of thioether (sulfide) groups is 1. The SMILES string of the molecule is CN=C(NCCCNC(=O)c1occc1C)NCC(C)(C)SC. The van der Waals surface area contributed by atoms with Crippen molar-refractivity contribution in [1.29, 1.82) is 0 Å². The van der Waals surface area contributed by atoms with E-state index in [-0.39, 0.29) is 10.7 Å². The van der Waals surface area contributed by atoms with Gasteiger partial charge in [0.25, 0.3) is 5.91 Å². The van der Waals surface area contributed by atoms with Crippen molar-refractivity contribution in [1.82, 2.24) is 16.0 Å². The van der Waals surface area contributed by atoms with E-state index in [1.807, 2.05) is 18.7 Å². The zero-order valence-corrected chi connectivity index (χ0v) is 15.5. The number of nitrogens with zero attached hydrogens (tertiary/aromatic N) is 1. The summed E-state index contributed by atoms with van der Waals surface area (Å²) >= 11 is 1.81. The van der Waals surface area contributed by atoms with Gasteiger partial charge in [-0.05, 0) is 39.5 Å². The number of carbonyl (C=O) groups excluding carboxylic acids is 1. The normalized spacial score (nSPS) is 12.1. The second-order valence-electron chi connectivity index (χ2n) is 5.86. The van der Waals surface area contributed by atoms with Gasteiger partial charge in [-0.25, -0.2) is 0 Å². The Balaban J connectivity index is 2.21. The van der Waals surface area contributed by atoms with E-state index in [4.69, 9.17) is 4.42 Å². The largest absolute Gasteiger partial charge is 0.459 e. The molecule has 1 amide bonds. The maximum atomic E-state index is 11.9. The Morgan fingerprint density at radius 2 is 2.00 bits per heavy atom. The van der Waals surface area contributed by atoms with Gasteiger partial charge in [0, 0.05) is 37.0 Å². The molecule has 0 spiro atoms. The maximum Gasteiger partial charge on any atom is 0.287 e. The van der Waals surface area contributed by atoms with Crippen molar-refractivity contribution >= 4 is 23.6 Å². The van der Waals surface area contributed by atoms with Crippen LogP contribution in [0.15, 0.2) is 21.7 Å². The molecule has 0 unspecified atom stereocenters. The molecule has 0 aliphatic heterocycles. The summed E-state index contributed by atoms with van der Waals surface area (Å²) in [7, 11) is 1.75. The first-order chi connectivity index (χ1) is 10.9. The molecule has 3 N–H and O–H groups in total. The minimum Gasteiger partial charge on any atom is -0.459 e. The molecule has 130 valence electrons. The van der Waals surface area contributed by atoms with E-state index in [9.17, 15) is 4.79 Å². The fraction of sp³-hybridized carbons (Fsp3) is 0.625. The van der Waals surface area contributed by atoms with Gasteiger partial charge in [0.15, 0.2) is 11.7 Å². The average molecular weight is 340 g/mol. The summed E-state index contributed by atoms with van der Waals surface area (Å²) in [5.41, 5.74) is 0.849. The standard InChI is InChI=1S/C16H28N4O2S/c1-12-7-10-22-13(12)14(21)18-8-6-9-19-15(17-4)20-11-16(2,3)23-5/h7,10H,6,8-9,11H2,1-5H3,(H,18,21)(H2,17,19,20). The Morgan fingerprint density at radius 1 is 1.30 bits per heavy atom. The van der Waals surface area contributed by atoms with Crippen LogP contribution in [-0.2, 0) is 0 Å². The Hall–Kier alpha value is -1.63.